The predicted molar refractivity (Wildman–Crippen MR) is 149 cm³/mol. The van der Waals surface area contributed by atoms with Crippen molar-refractivity contribution in [3.05, 3.63) is 97.1 Å². The number of hydrogen-bond donors (Lipinski definition) is 1. The lowest BCUT2D eigenvalue weighted by Crippen LogP contribution is -1.89. The molecule has 5 aromatic rings. The summed E-state index contributed by atoms with van der Waals surface area (Å²) in [6.07, 6.45) is 0. The SMILES string of the molecule is COc1ccc(-c2[nH]c(-c3ccc(OC)cc3)c(-c3ccc(OC)cc3)c2-c2ccc(OC)cc2)cc1. The van der Waals surface area contributed by atoms with Crippen LogP contribution in [-0.2, 0) is 0 Å². The maximum Gasteiger partial charge on any atom is 0.118 e. The third-order valence-electron chi connectivity index (χ3n) is 6.51. The summed E-state index contributed by atoms with van der Waals surface area (Å²) >= 11 is 0. The molecule has 0 atom stereocenters. The quantitative estimate of drug-likeness (QED) is 0.241. The molecule has 5 nitrogen and oxygen atoms in total. The lowest BCUT2D eigenvalue weighted by atomic mass is 9.91. The molecular weight excluding hydrogens is 462 g/mol. The maximum absolute atomic E-state index is 5.43. The van der Waals surface area contributed by atoms with Crippen LogP contribution in [0.25, 0.3) is 44.8 Å². The fourth-order valence-corrected chi connectivity index (χ4v) is 4.54. The normalized spacial score (nSPS) is 10.7. The summed E-state index contributed by atoms with van der Waals surface area (Å²) in [5.41, 5.74) is 8.51. The van der Waals surface area contributed by atoms with Gasteiger partial charge in [-0.1, -0.05) is 24.3 Å². The highest BCUT2D eigenvalue weighted by Crippen LogP contribution is 2.47. The van der Waals surface area contributed by atoms with Crippen molar-refractivity contribution in [3.8, 4) is 67.8 Å². The molecule has 0 aliphatic heterocycles. The molecule has 0 radical (unpaired) electrons. The lowest BCUT2D eigenvalue weighted by Gasteiger charge is -2.12. The van der Waals surface area contributed by atoms with Crippen molar-refractivity contribution in [2.24, 2.45) is 0 Å². The Bertz CT molecular complexity index is 1350. The summed E-state index contributed by atoms with van der Waals surface area (Å²) in [5.74, 6) is 3.25. The van der Waals surface area contributed by atoms with E-state index in [-0.39, 0.29) is 0 Å². The van der Waals surface area contributed by atoms with Crippen LogP contribution < -0.4 is 18.9 Å². The van der Waals surface area contributed by atoms with E-state index in [1.165, 1.54) is 0 Å². The van der Waals surface area contributed by atoms with Gasteiger partial charge >= 0.3 is 0 Å². The van der Waals surface area contributed by atoms with Crippen LogP contribution in [0.5, 0.6) is 23.0 Å². The average molecular weight is 492 g/mol. The summed E-state index contributed by atoms with van der Waals surface area (Å²) < 4.78 is 21.7. The summed E-state index contributed by atoms with van der Waals surface area (Å²) in [5, 5.41) is 0. The maximum atomic E-state index is 5.43. The van der Waals surface area contributed by atoms with Crippen molar-refractivity contribution in [1.29, 1.82) is 0 Å². The van der Waals surface area contributed by atoms with Gasteiger partial charge in [0.15, 0.2) is 0 Å². The van der Waals surface area contributed by atoms with E-state index in [9.17, 15) is 0 Å². The molecule has 4 aromatic carbocycles. The second kappa shape index (κ2) is 10.5. The number of nitrogens with one attached hydrogen (secondary N) is 1. The summed E-state index contributed by atoms with van der Waals surface area (Å²) in [7, 11) is 6.71. The number of aromatic amines is 1. The molecule has 5 heteroatoms. The molecule has 0 spiro atoms. The number of methoxy groups -OCH3 is 4. The van der Waals surface area contributed by atoms with Crippen LogP contribution in [0.1, 0.15) is 0 Å². The van der Waals surface area contributed by atoms with Crippen LogP contribution in [0.3, 0.4) is 0 Å². The van der Waals surface area contributed by atoms with E-state index in [1.807, 2.05) is 48.5 Å². The van der Waals surface area contributed by atoms with Gasteiger partial charge in [0.1, 0.15) is 23.0 Å². The molecule has 0 saturated heterocycles. The van der Waals surface area contributed by atoms with Gasteiger partial charge in [-0.05, 0) is 95.1 Å². The van der Waals surface area contributed by atoms with Gasteiger partial charge in [0.2, 0.25) is 0 Å². The molecule has 1 aromatic heterocycles. The molecule has 1 N–H and O–H groups in total. The first kappa shape index (κ1) is 24.1. The Labute approximate surface area is 217 Å². The van der Waals surface area contributed by atoms with Gasteiger partial charge in [0.25, 0.3) is 0 Å². The van der Waals surface area contributed by atoms with E-state index in [2.05, 4.69) is 53.5 Å². The third-order valence-corrected chi connectivity index (χ3v) is 6.51. The summed E-state index contributed by atoms with van der Waals surface area (Å²) in [4.78, 5) is 3.77. The van der Waals surface area contributed by atoms with Crippen LogP contribution in [0.2, 0.25) is 0 Å². The van der Waals surface area contributed by atoms with E-state index < -0.39 is 0 Å². The van der Waals surface area contributed by atoms with E-state index in [1.54, 1.807) is 28.4 Å². The van der Waals surface area contributed by atoms with Crippen molar-refractivity contribution in [2.75, 3.05) is 28.4 Å². The molecule has 37 heavy (non-hydrogen) atoms. The number of H-pyrrole nitrogens is 1. The molecule has 186 valence electrons. The monoisotopic (exact) mass is 491 g/mol. The number of rotatable bonds is 8. The zero-order valence-electron chi connectivity index (χ0n) is 21.4. The Hall–Kier alpha value is -4.64. The summed E-state index contributed by atoms with van der Waals surface area (Å²) in [6.45, 7) is 0. The lowest BCUT2D eigenvalue weighted by molar-refractivity contribution is 0.414. The van der Waals surface area contributed by atoms with Gasteiger partial charge in [0, 0.05) is 11.1 Å². The first-order valence-corrected chi connectivity index (χ1v) is 12.0. The van der Waals surface area contributed by atoms with Gasteiger partial charge in [-0.3, -0.25) is 0 Å². The third kappa shape index (κ3) is 4.76. The molecule has 5 rings (SSSR count). The second-order valence-electron chi connectivity index (χ2n) is 8.54. The second-order valence-corrected chi connectivity index (χ2v) is 8.54. The minimum Gasteiger partial charge on any atom is -0.497 e. The van der Waals surface area contributed by atoms with Crippen LogP contribution in [0.4, 0.5) is 0 Å². The zero-order valence-corrected chi connectivity index (χ0v) is 21.4. The fraction of sp³-hybridized carbons (Fsp3) is 0.125. The topological polar surface area (TPSA) is 52.7 Å². The molecular formula is C32H29NO4. The standard InChI is InChI=1S/C32H29NO4/c1-34-25-13-5-21(6-14-25)29-30(22-7-15-26(35-2)16-8-22)32(24-11-19-28(37-4)20-12-24)33-31(29)23-9-17-27(36-3)18-10-23/h5-20,33H,1-4H3. The molecule has 0 aliphatic carbocycles. The van der Waals surface area contributed by atoms with E-state index in [0.717, 1.165) is 67.8 Å². The van der Waals surface area contributed by atoms with Gasteiger partial charge < -0.3 is 23.9 Å². The minimum atomic E-state index is 0.812. The van der Waals surface area contributed by atoms with Crippen LogP contribution in [0.15, 0.2) is 97.1 Å². The molecule has 0 bridgehead atoms. The minimum absolute atomic E-state index is 0.812. The Kier molecular flexibility index (Phi) is 6.86. The highest BCUT2D eigenvalue weighted by Gasteiger charge is 2.23. The Morgan fingerprint density at radius 1 is 0.351 bits per heavy atom. The molecule has 1 heterocycles. The van der Waals surface area contributed by atoms with E-state index in [0.29, 0.717) is 0 Å². The highest BCUT2D eigenvalue weighted by molar-refractivity contribution is 6.01. The summed E-state index contributed by atoms with van der Waals surface area (Å²) in [6, 6.07) is 32.6. The van der Waals surface area contributed by atoms with Crippen molar-refractivity contribution >= 4 is 0 Å². The first-order chi connectivity index (χ1) is 18.1. The largest absolute Gasteiger partial charge is 0.497 e. The highest BCUT2D eigenvalue weighted by atomic mass is 16.5. The van der Waals surface area contributed by atoms with Gasteiger partial charge in [0.05, 0.1) is 39.8 Å². The molecule has 0 fully saturated rings. The predicted octanol–water partition coefficient (Wildman–Crippen LogP) is 7.72. The molecule has 0 saturated carbocycles. The van der Waals surface area contributed by atoms with Crippen LogP contribution in [-0.4, -0.2) is 33.4 Å². The van der Waals surface area contributed by atoms with Crippen molar-refractivity contribution in [1.82, 2.24) is 4.98 Å². The van der Waals surface area contributed by atoms with Crippen molar-refractivity contribution < 1.29 is 18.9 Å². The zero-order chi connectivity index (χ0) is 25.8. The van der Waals surface area contributed by atoms with E-state index in [4.69, 9.17) is 18.9 Å². The van der Waals surface area contributed by atoms with E-state index >= 15 is 0 Å². The van der Waals surface area contributed by atoms with Crippen LogP contribution >= 0.6 is 0 Å². The fourth-order valence-electron chi connectivity index (χ4n) is 4.54. The Morgan fingerprint density at radius 2 is 0.595 bits per heavy atom. The average Bonchev–Trinajstić information content (AvgIpc) is 3.38. The van der Waals surface area contributed by atoms with Crippen molar-refractivity contribution in [3.63, 3.8) is 0 Å². The first-order valence-electron chi connectivity index (χ1n) is 12.0. The van der Waals surface area contributed by atoms with Crippen molar-refractivity contribution in [2.45, 2.75) is 0 Å². The Morgan fingerprint density at radius 3 is 0.838 bits per heavy atom. The molecule has 0 aliphatic rings. The number of aromatic nitrogens is 1. The number of benzene rings is 4. The van der Waals surface area contributed by atoms with Gasteiger partial charge in [-0.25, -0.2) is 0 Å². The molecule has 0 unspecified atom stereocenters. The van der Waals surface area contributed by atoms with Crippen LogP contribution in [0, 0.1) is 0 Å². The number of ether oxygens (including phenoxy) is 4. The smallest absolute Gasteiger partial charge is 0.118 e. The van der Waals surface area contributed by atoms with Gasteiger partial charge in [-0.15, -0.1) is 0 Å². The Balaban J connectivity index is 1.81. The van der Waals surface area contributed by atoms with Gasteiger partial charge in [-0.2, -0.15) is 0 Å². The number of hydrogen-bond acceptors (Lipinski definition) is 4. The molecule has 0 amide bonds.